The van der Waals surface area contributed by atoms with Crippen LogP contribution in [0.15, 0.2) is 32.7 Å². The molecule has 28 heavy (non-hydrogen) atoms. The number of sulfone groups is 1. The molecule has 152 valence electrons. The van der Waals surface area contributed by atoms with Gasteiger partial charge in [0.15, 0.2) is 9.84 Å². The highest BCUT2D eigenvalue weighted by atomic mass is 32.2. The van der Waals surface area contributed by atoms with Crippen LogP contribution in [0.2, 0.25) is 0 Å². The summed E-state index contributed by atoms with van der Waals surface area (Å²) in [4.78, 5) is 38.2. The Morgan fingerprint density at radius 2 is 1.71 bits per heavy atom. The van der Waals surface area contributed by atoms with Crippen LogP contribution in [0, 0.1) is 0 Å². The Kier molecular flexibility index (Phi) is 5.47. The second kappa shape index (κ2) is 7.54. The molecule has 1 aliphatic heterocycles. The lowest BCUT2D eigenvalue weighted by Gasteiger charge is -2.33. The Morgan fingerprint density at radius 1 is 1.07 bits per heavy atom. The molecule has 9 heteroatoms. The van der Waals surface area contributed by atoms with Crippen molar-refractivity contribution < 1.29 is 13.2 Å². The highest BCUT2D eigenvalue weighted by Crippen LogP contribution is 2.21. The van der Waals surface area contributed by atoms with E-state index in [0.717, 1.165) is 23.8 Å². The second-order valence-corrected chi connectivity index (χ2v) is 9.49. The van der Waals surface area contributed by atoms with Crippen LogP contribution in [0.5, 0.6) is 0 Å². The molecule has 2 aromatic rings. The van der Waals surface area contributed by atoms with Crippen molar-refractivity contribution in [2.24, 2.45) is 14.1 Å². The number of hydrogen-bond acceptors (Lipinski definition) is 5. The molecular formula is C19H25N3O5S. The minimum absolute atomic E-state index is 0.0353. The summed E-state index contributed by atoms with van der Waals surface area (Å²) in [5.41, 5.74) is -0.584. The van der Waals surface area contributed by atoms with Crippen LogP contribution in [-0.2, 0) is 28.7 Å². The van der Waals surface area contributed by atoms with E-state index < -0.39 is 21.0 Å². The predicted molar refractivity (Wildman–Crippen MR) is 106 cm³/mol. The molecule has 0 N–H and O–H groups in total. The van der Waals surface area contributed by atoms with Crippen LogP contribution in [0.3, 0.4) is 0 Å². The molecule has 0 spiro atoms. The number of nitrogens with zero attached hydrogens (tertiary/aromatic N) is 3. The highest BCUT2D eigenvalue weighted by Gasteiger charge is 2.25. The van der Waals surface area contributed by atoms with Crippen molar-refractivity contribution >= 4 is 26.8 Å². The van der Waals surface area contributed by atoms with Crippen LogP contribution in [-0.4, -0.2) is 46.7 Å². The number of carbonyl (C=O) groups is 1. The van der Waals surface area contributed by atoms with Gasteiger partial charge in [0.2, 0.25) is 5.91 Å². The van der Waals surface area contributed by atoms with E-state index in [1.54, 1.807) is 4.90 Å². The summed E-state index contributed by atoms with van der Waals surface area (Å²) in [6.45, 7) is 2.66. The van der Waals surface area contributed by atoms with E-state index in [-0.39, 0.29) is 29.0 Å². The van der Waals surface area contributed by atoms with Crippen LogP contribution in [0.1, 0.15) is 32.6 Å². The van der Waals surface area contributed by atoms with E-state index >= 15 is 0 Å². The summed E-state index contributed by atoms with van der Waals surface area (Å²) in [5, 5.41) is 0. The van der Waals surface area contributed by atoms with Gasteiger partial charge in [0.1, 0.15) is 0 Å². The normalized spacial score (nSPS) is 17.8. The average molecular weight is 407 g/mol. The van der Waals surface area contributed by atoms with E-state index in [0.29, 0.717) is 17.6 Å². The van der Waals surface area contributed by atoms with Gasteiger partial charge < -0.3 is 14.0 Å². The number of likely N-dealkylation sites (tertiary alicyclic amines) is 1. The molecule has 0 saturated carbocycles. The van der Waals surface area contributed by atoms with Gasteiger partial charge in [-0.15, -0.1) is 0 Å². The molecule has 1 aromatic heterocycles. The molecule has 0 bridgehead atoms. The van der Waals surface area contributed by atoms with Gasteiger partial charge >= 0.3 is 11.1 Å². The first-order valence-corrected chi connectivity index (χ1v) is 11.0. The van der Waals surface area contributed by atoms with Crippen molar-refractivity contribution in [3.05, 3.63) is 38.9 Å². The van der Waals surface area contributed by atoms with Crippen molar-refractivity contribution in [1.29, 1.82) is 0 Å². The zero-order chi connectivity index (χ0) is 20.6. The monoisotopic (exact) mass is 407 g/mol. The van der Waals surface area contributed by atoms with Crippen molar-refractivity contribution in [2.75, 3.05) is 12.3 Å². The third-order valence-electron chi connectivity index (χ3n) is 5.53. The zero-order valence-electron chi connectivity index (χ0n) is 16.3. The molecule has 1 aromatic carbocycles. The van der Waals surface area contributed by atoms with Crippen molar-refractivity contribution in [3.8, 4) is 0 Å². The maximum Gasteiger partial charge on any atom is 0.316 e. The SMILES string of the molecule is CC1CCCCN1C(=O)CCS(=O)(=O)c1ccc2c(c1)n(C)c(=O)c(=O)n2C. The fourth-order valence-corrected chi connectivity index (χ4v) is 4.95. The molecule has 8 nitrogen and oxygen atoms in total. The van der Waals surface area contributed by atoms with Crippen LogP contribution in [0.25, 0.3) is 11.0 Å². The number of benzene rings is 1. The van der Waals surface area contributed by atoms with Crippen molar-refractivity contribution in [1.82, 2.24) is 14.0 Å². The number of hydrogen-bond donors (Lipinski definition) is 0. The number of aromatic nitrogens is 2. The molecule has 0 radical (unpaired) electrons. The van der Waals surface area contributed by atoms with Crippen LogP contribution >= 0.6 is 0 Å². The van der Waals surface area contributed by atoms with Crippen LogP contribution in [0.4, 0.5) is 0 Å². The molecule has 2 heterocycles. The Labute approximate surface area is 163 Å². The van der Waals surface area contributed by atoms with E-state index in [1.165, 1.54) is 36.9 Å². The Bertz CT molecular complexity index is 1150. The van der Waals surface area contributed by atoms with Crippen LogP contribution < -0.4 is 11.1 Å². The van der Waals surface area contributed by atoms with Gasteiger partial charge in [-0.05, 0) is 44.4 Å². The summed E-state index contributed by atoms with van der Waals surface area (Å²) >= 11 is 0. The zero-order valence-corrected chi connectivity index (χ0v) is 17.2. The number of carbonyl (C=O) groups excluding carboxylic acids is 1. The number of rotatable bonds is 4. The van der Waals surface area contributed by atoms with E-state index in [9.17, 15) is 22.8 Å². The number of fused-ring (bicyclic) bond motifs is 1. The van der Waals surface area contributed by atoms with Gasteiger partial charge in [-0.1, -0.05) is 0 Å². The molecule has 3 rings (SSSR count). The van der Waals surface area contributed by atoms with E-state index in [1.807, 2.05) is 6.92 Å². The number of amides is 1. The molecule has 1 atom stereocenters. The summed E-state index contributed by atoms with van der Waals surface area (Å²) in [7, 11) is -0.801. The number of aryl methyl sites for hydroxylation is 2. The fraction of sp³-hybridized carbons (Fsp3) is 0.526. The average Bonchev–Trinajstić information content (AvgIpc) is 2.68. The topological polar surface area (TPSA) is 98.5 Å². The second-order valence-electron chi connectivity index (χ2n) is 7.38. The third kappa shape index (κ3) is 3.63. The third-order valence-corrected chi connectivity index (χ3v) is 7.24. The Balaban J connectivity index is 1.87. The Hall–Kier alpha value is -2.42. The molecule has 0 aliphatic carbocycles. The number of piperidine rings is 1. The minimum Gasteiger partial charge on any atom is -0.340 e. The standard InChI is InChI=1S/C19H25N3O5S/c1-13-6-4-5-10-22(13)17(23)9-11-28(26,27)14-7-8-15-16(12-14)21(3)19(25)18(24)20(15)2/h7-8,12-13H,4-6,9-11H2,1-3H3. The van der Waals surface area contributed by atoms with E-state index in [2.05, 4.69) is 0 Å². The van der Waals surface area contributed by atoms with Gasteiger partial charge in [0, 0.05) is 33.1 Å². The summed E-state index contributed by atoms with van der Waals surface area (Å²) in [6.07, 6.45) is 2.90. The Morgan fingerprint density at radius 3 is 2.36 bits per heavy atom. The molecule has 1 aliphatic rings. The summed E-state index contributed by atoms with van der Waals surface area (Å²) < 4.78 is 27.9. The fourth-order valence-electron chi connectivity index (χ4n) is 3.71. The largest absolute Gasteiger partial charge is 0.340 e. The first-order chi connectivity index (χ1) is 13.1. The highest BCUT2D eigenvalue weighted by molar-refractivity contribution is 7.91. The van der Waals surface area contributed by atoms with E-state index in [4.69, 9.17) is 0 Å². The molecule has 1 fully saturated rings. The summed E-state index contributed by atoms with van der Waals surface area (Å²) in [6, 6.07) is 4.45. The molecule has 1 unspecified atom stereocenters. The van der Waals surface area contributed by atoms with Gasteiger partial charge in [-0.25, -0.2) is 8.42 Å². The van der Waals surface area contributed by atoms with Crippen molar-refractivity contribution in [2.45, 2.75) is 43.5 Å². The maximum atomic E-state index is 12.8. The first kappa shape index (κ1) is 20.3. The maximum absolute atomic E-state index is 12.8. The lowest BCUT2D eigenvalue weighted by Crippen LogP contribution is -2.42. The molecule has 1 amide bonds. The summed E-state index contributed by atoms with van der Waals surface area (Å²) in [5.74, 6) is -0.438. The lowest BCUT2D eigenvalue weighted by molar-refractivity contribution is -0.133. The van der Waals surface area contributed by atoms with Gasteiger partial charge in [-0.3, -0.25) is 14.4 Å². The smallest absolute Gasteiger partial charge is 0.316 e. The minimum atomic E-state index is -3.71. The quantitative estimate of drug-likeness (QED) is 0.698. The van der Waals surface area contributed by atoms with Crippen molar-refractivity contribution in [3.63, 3.8) is 0 Å². The lowest BCUT2D eigenvalue weighted by atomic mass is 10.0. The van der Waals surface area contributed by atoms with Gasteiger partial charge in [0.05, 0.1) is 21.7 Å². The molecular weight excluding hydrogens is 382 g/mol. The van der Waals surface area contributed by atoms with Gasteiger partial charge in [-0.2, -0.15) is 0 Å². The predicted octanol–water partition coefficient (Wildman–Crippen LogP) is 0.802. The van der Waals surface area contributed by atoms with Gasteiger partial charge in [0.25, 0.3) is 0 Å². The molecule has 1 saturated heterocycles. The first-order valence-electron chi connectivity index (χ1n) is 9.35.